The summed E-state index contributed by atoms with van der Waals surface area (Å²) in [6.07, 6.45) is 6.35. The zero-order chi connectivity index (χ0) is 17.4. The topological polar surface area (TPSA) is 78.6 Å². The number of pyridine rings is 1. The highest BCUT2D eigenvalue weighted by molar-refractivity contribution is 6.15. The summed E-state index contributed by atoms with van der Waals surface area (Å²) < 4.78 is 13.3. The molecule has 0 saturated heterocycles. The molecule has 0 atom stereocenters. The van der Waals surface area contributed by atoms with Gasteiger partial charge in [-0.25, -0.2) is 9.37 Å². The van der Waals surface area contributed by atoms with Gasteiger partial charge in [-0.2, -0.15) is 0 Å². The smallest absolute Gasteiger partial charge is 0.138 e. The molecule has 2 aromatic heterocycles. The van der Waals surface area contributed by atoms with Gasteiger partial charge < -0.3 is 16.1 Å². The first-order chi connectivity index (χ1) is 12.2. The Morgan fingerprint density at radius 1 is 1.16 bits per heavy atom. The average Bonchev–Trinajstić information content (AvgIpc) is 3.08. The van der Waals surface area contributed by atoms with E-state index in [4.69, 9.17) is 11.1 Å². The Hall–Kier alpha value is -3.47. The standard InChI is InChI=1S/C20H15FN4/c21-16-5-3-12(4-6-16)18-11-25-20-19(18)17-7-13(15(8-22)9-23)1-2-14(17)10-24-20/h1-11,22H,23H2,(H,24,25)/b15-9+,22-8?. The van der Waals surface area contributed by atoms with Gasteiger partial charge in [0.2, 0.25) is 0 Å². The van der Waals surface area contributed by atoms with E-state index in [9.17, 15) is 4.39 Å². The van der Waals surface area contributed by atoms with Crippen LogP contribution in [0.3, 0.4) is 0 Å². The van der Waals surface area contributed by atoms with E-state index in [0.717, 1.165) is 38.5 Å². The molecule has 0 fully saturated rings. The molecule has 0 radical (unpaired) electrons. The molecule has 0 spiro atoms. The second kappa shape index (κ2) is 5.87. The molecule has 4 rings (SSSR count). The second-order valence-corrected chi connectivity index (χ2v) is 5.76. The minimum Gasteiger partial charge on any atom is -0.404 e. The molecular weight excluding hydrogens is 315 g/mol. The number of nitrogens with two attached hydrogens (primary N) is 1. The molecular formula is C20H15FN4. The Morgan fingerprint density at radius 3 is 2.68 bits per heavy atom. The number of rotatable bonds is 3. The molecule has 2 aromatic carbocycles. The number of halogens is 1. The van der Waals surface area contributed by atoms with Crippen LogP contribution < -0.4 is 5.73 Å². The van der Waals surface area contributed by atoms with Crippen molar-refractivity contribution in [3.05, 3.63) is 72.4 Å². The summed E-state index contributed by atoms with van der Waals surface area (Å²) in [7, 11) is 0. The predicted octanol–water partition coefficient (Wildman–Crippen LogP) is 4.47. The van der Waals surface area contributed by atoms with Crippen LogP contribution in [0.2, 0.25) is 0 Å². The Balaban J connectivity index is 2.04. The van der Waals surface area contributed by atoms with Gasteiger partial charge in [-0.3, -0.25) is 0 Å². The molecule has 4 nitrogen and oxygen atoms in total. The van der Waals surface area contributed by atoms with Gasteiger partial charge in [0.15, 0.2) is 0 Å². The van der Waals surface area contributed by atoms with Crippen molar-refractivity contribution in [1.82, 2.24) is 9.97 Å². The zero-order valence-corrected chi connectivity index (χ0v) is 13.3. The van der Waals surface area contributed by atoms with Crippen molar-refractivity contribution in [3.8, 4) is 11.1 Å². The molecule has 0 amide bonds. The number of hydrogen-bond donors (Lipinski definition) is 3. The summed E-state index contributed by atoms with van der Waals surface area (Å²) in [6.45, 7) is 0. The van der Waals surface area contributed by atoms with Crippen LogP contribution >= 0.6 is 0 Å². The summed E-state index contributed by atoms with van der Waals surface area (Å²) in [6, 6.07) is 12.3. The first-order valence-electron chi connectivity index (χ1n) is 7.80. The Kier molecular flexibility index (Phi) is 3.54. The van der Waals surface area contributed by atoms with Gasteiger partial charge in [-0.05, 0) is 34.7 Å². The Morgan fingerprint density at radius 2 is 1.96 bits per heavy atom. The SMILES string of the molecule is N=C/C(=C\N)c1ccc2cnc3[nH]cc(-c4ccc(F)cc4)c3c2c1. The van der Waals surface area contributed by atoms with Crippen molar-refractivity contribution < 1.29 is 4.39 Å². The van der Waals surface area contributed by atoms with Gasteiger partial charge >= 0.3 is 0 Å². The third kappa shape index (κ3) is 2.46. The number of nitrogens with zero attached hydrogens (tertiary/aromatic N) is 1. The molecule has 0 saturated carbocycles. The van der Waals surface area contributed by atoms with Gasteiger partial charge in [0.25, 0.3) is 0 Å². The molecule has 0 aliphatic carbocycles. The van der Waals surface area contributed by atoms with Crippen LogP contribution in [0.15, 0.2) is 61.1 Å². The van der Waals surface area contributed by atoms with Crippen LogP contribution in [0, 0.1) is 11.2 Å². The molecule has 0 aliphatic rings. The van der Waals surface area contributed by atoms with Crippen LogP contribution in [0.25, 0.3) is 38.5 Å². The zero-order valence-electron chi connectivity index (χ0n) is 13.3. The molecule has 0 bridgehead atoms. The van der Waals surface area contributed by atoms with E-state index in [-0.39, 0.29) is 5.82 Å². The van der Waals surface area contributed by atoms with Crippen molar-refractivity contribution in [2.45, 2.75) is 0 Å². The average molecular weight is 330 g/mol. The summed E-state index contributed by atoms with van der Waals surface area (Å²) >= 11 is 0. The summed E-state index contributed by atoms with van der Waals surface area (Å²) in [5, 5.41) is 10.5. The first kappa shape index (κ1) is 15.1. The van der Waals surface area contributed by atoms with Gasteiger partial charge in [0, 0.05) is 46.7 Å². The summed E-state index contributed by atoms with van der Waals surface area (Å²) in [5.41, 5.74) is 9.76. The fourth-order valence-electron chi connectivity index (χ4n) is 3.07. The van der Waals surface area contributed by atoms with Gasteiger partial charge in [0.05, 0.1) is 0 Å². The number of allylic oxidation sites excluding steroid dienone is 1. The molecule has 2 heterocycles. The molecule has 4 N–H and O–H groups in total. The lowest BCUT2D eigenvalue weighted by atomic mass is 9.98. The van der Waals surface area contributed by atoms with Gasteiger partial charge in [-0.15, -0.1) is 0 Å². The van der Waals surface area contributed by atoms with E-state index in [1.807, 2.05) is 30.6 Å². The van der Waals surface area contributed by atoms with E-state index in [1.54, 1.807) is 12.1 Å². The lowest BCUT2D eigenvalue weighted by molar-refractivity contribution is 0.628. The number of aromatic amines is 1. The van der Waals surface area contributed by atoms with Crippen molar-refractivity contribution in [2.75, 3.05) is 0 Å². The third-order valence-electron chi connectivity index (χ3n) is 4.34. The van der Waals surface area contributed by atoms with Gasteiger partial charge in [-0.1, -0.05) is 24.3 Å². The van der Waals surface area contributed by atoms with Crippen molar-refractivity contribution in [2.24, 2.45) is 5.73 Å². The van der Waals surface area contributed by atoms with E-state index < -0.39 is 0 Å². The largest absolute Gasteiger partial charge is 0.404 e. The van der Waals surface area contributed by atoms with Crippen LogP contribution in [-0.2, 0) is 0 Å². The Labute approximate surface area is 143 Å². The van der Waals surface area contributed by atoms with E-state index in [0.29, 0.717) is 5.57 Å². The quantitative estimate of drug-likeness (QED) is 0.485. The lowest BCUT2D eigenvalue weighted by Crippen LogP contribution is -1.91. The lowest BCUT2D eigenvalue weighted by Gasteiger charge is -2.07. The van der Waals surface area contributed by atoms with Gasteiger partial charge in [0.1, 0.15) is 11.5 Å². The molecule has 122 valence electrons. The van der Waals surface area contributed by atoms with Crippen LogP contribution in [0.5, 0.6) is 0 Å². The van der Waals surface area contributed by atoms with Crippen molar-refractivity contribution >= 4 is 33.6 Å². The predicted molar refractivity (Wildman–Crippen MR) is 99.9 cm³/mol. The van der Waals surface area contributed by atoms with E-state index >= 15 is 0 Å². The van der Waals surface area contributed by atoms with Crippen LogP contribution in [0.1, 0.15) is 5.56 Å². The monoisotopic (exact) mass is 330 g/mol. The summed E-state index contributed by atoms with van der Waals surface area (Å²) in [4.78, 5) is 7.66. The third-order valence-corrected chi connectivity index (χ3v) is 4.34. The number of hydrogen-bond acceptors (Lipinski definition) is 3. The summed E-state index contributed by atoms with van der Waals surface area (Å²) in [5.74, 6) is -0.266. The Bertz CT molecular complexity index is 1120. The highest BCUT2D eigenvalue weighted by Crippen LogP contribution is 2.34. The molecule has 5 heteroatoms. The number of fused-ring (bicyclic) bond motifs is 3. The number of aromatic nitrogens is 2. The highest BCUT2D eigenvalue weighted by Gasteiger charge is 2.12. The van der Waals surface area contributed by atoms with Crippen molar-refractivity contribution in [3.63, 3.8) is 0 Å². The molecule has 25 heavy (non-hydrogen) atoms. The van der Waals surface area contributed by atoms with E-state index in [2.05, 4.69) is 9.97 Å². The second-order valence-electron chi connectivity index (χ2n) is 5.76. The van der Waals surface area contributed by atoms with Crippen LogP contribution in [-0.4, -0.2) is 16.2 Å². The maximum atomic E-state index is 13.3. The highest BCUT2D eigenvalue weighted by atomic mass is 19.1. The first-order valence-corrected chi connectivity index (χ1v) is 7.80. The number of nitrogens with one attached hydrogen (secondary N) is 2. The number of benzene rings is 2. The molecule has 0 aliphatic heterocycles. The molecule has 0 unspecified atom stereocenters. The maximum absolute atomic E-state index is 13.3. The van der Waals surface area contributed by atoms with E-state index in [1.165, 1.54) is 24.5 Å². The van der Waals surface area contributed by atoms with Crippen molar-refractivity contribution in [1.29, 1.82) is 5.41 Å². The molecule has 4 aromatic rings. The normalized spacial score (nSPS) is 12.0. The minimum atomic E-state index is -0.266. The minimum absolute atomic E-state index is 0.266. The maximum Gasteiger partial charge on any atom is 0.138 e. The fraction of sp³-hybridized carbons (Fsp3) is 0. The van der Waals surface area contributed by atoms with Crippen LogP contribution in [0.4, 0.5) is 4.39 Å². The number of H-pyrrole nitrogens is 1. The fourth-order valence-corrected chi connectivity index (χ4v) is 3.07.